The maximum atomic E-state index is 13.5. The Balaban J connectivity index is 3.08. The molecule has 5 heteroatoms. The smallest absolute Gasteiger partial charge is 0.280 e. The van der Waals surface area contributed by atoms with E-state index in [1.807, 2.05) is 0 Å². The summed E-state index contributed by atoms with van der Waals surface area (Å²) in [5, 5.41) is 9.26. The van der Waals surface area contributed by atoms with Gasteiger partial charge in [0, 0.05) is 5.56 Å². The number of benzene rings is 1. The number of rotatable bonds is 1. The van der Waals surface area contributed by atoms with E-state index in [0.29, 0.717) is 0 Å². The highest BCUT2D eigenvalue weighted by Gasteiger charge is 2.49. The minimum Gasteiger partial charge on any atom is -0.355 e. The second kappa shape index (κ2) is 3.62. The van der Waals surface area contributed by atoms with Crippen molar-refractivity contribution < 1.29 is 9.50 Å². The van der Waals surface area contributed by atoms with Gasteiger partial charge >= 0.3 is 0 Å². The molecule has 0 aliphatic heterocycles. The number of alkyl halides is 4. The lowest BCUT2D eigenvalue weighted by atomic mass is 10.1. The largest absolute Gasteiger partial charge is 0.355 e. The molecule has 1 atom stereocenters. The van der Waals surface area contributed by atoms with E-state index < -0.39 is 9.65 Å². The predicted octanol–water partition coefficient (Wildman–Crippen LogP) is 3.17. The molecule has 0 spiro atoms. The SMILES string of the molecule is OC(F)(c1ccccc1)C(Cl)(Cl)Cl. The summed E-state index contributed by atoms with van der Waals surface area (Å²) in [6.07, 6.45) is 0. The first kappa shape index (κ1) is 11.1. The molecule has 0 fully saturated rings. The minimum atomic E-state index is -2.97. The first-order chi connectivity index (χ1) is 5.86. The van der Waals surface area contributed by atoms with Crippen molar-refractivity contribution >= 4 is 34.8 Å². The zero-order valence-electron chi connectivity index (χ0n) is 6.35. The van der Waals surface area contributed by atoms with Gasteiger partial charge in [0.15, 0.2) is 0 Å². The van der Waals surface area contributed by atoms with E-state index in [4.69, 9.17) is 34.8 Å². The second-order valence-corrected chi connectivity index (χ2v) is 4.77. The highest BCUT2D eigenvalue weighted by molar-refractivity contribution is 6.68. The van der Waals surface area contributed by atoms with Gasteiger partial charge in [-0.05, 0) is 0 Å². The Kier molecular flexibility index (Phi) is 3.08. The molecule has 0 heterocycles. The lowest BCUT2D eigenvalue weighted by Gasteiger charge is -2.26. The van der Waals surface area contributed by atoms with Crippen LogP contribution >= 0.6 is 34.8 Å². The molecule has 0 aliphatic carbocycles. The van der Waals surface area contributed by atoms with Crippen molar-refractivity contribution in [1.29, 1.82) is 0 Å². The van der Waals surface area contributed by atoms with E-state index in [1.165, 1.54) is 24.3 Å². The van der Waals surface area contributed by atoms with Crippen LogP contribution in [0.2, 0.25) is 0 Å². The number of halogens is 4. The zero-order chi connectivity index (χ0) is 10.1. The summed E-state index contributed by atoms with van der Waals surface area (Å²) < 4.78 is 11.1. The fraction of sp³-hybridized carbons (Fsp3) is 0.250. The van der Waals surface area contributed by atoms with Gasteiger partial charge in [-0.3, -0.25) is 0 Å². The molecule has 0 aliphatic rings. The minimum absolute atomic E-state index is 0.0880. The molecule has 0 bridgehead atoms. The van der Waals surface area contributed by atoms with Crippen LogP contribution in [0.5, 0.6) is 0 Å². The Morgan fingerprint density at radius 1 is 1.08 bits per heavy atom. The maximum absolute atomic E-state index is 13.5. The summed E-state index contributed by atoms with van der Waals surface area (Å²) in [4.78, 5) is 0. The first-order valence-corrected chi connectivity index (χ1v) is 4.52. The van der Waals surface area contributed by atoms with Gasteiger partial charge in [-0.2, -0.15) is 0 Å². The van der Waals surface area contributed by atoms with E-state index in [1.54, 1.807) is 6.07 Å². The predicted molar refractivity (Wildman–Crippen MR) is 51.7 cm³/mol. The number of hydrogen-bond donors (Lipinski definition) is 1. The highest BCUT2D eigenvalue weighted by Crippen LogP contribution is 2.45. The fourth-order valence-corrected chi connectivity index (χ4v) is 1.15. The lowest BCUT2D eigenvalue weighted by molar-refractivity contribution is -0.0914. The van der Waals surface area contributed by atoms with Gasteiger partial charge in [-0.1, -0.05) is 65.1 Å². The van der Waals surface area contributed by atoms with Crippen molar-refractivity contribution in [3.05, 3.63) is 35.9 Å². The summed E-state index contributed by atoms with van der Waals surface area (Å²) in [5.74, 6) is -2.97. The van der Waals surface area contributed by atoms with Gasteiger partial charge in [-0.15, -0.1) is 0 Å². The Morgan fingerprint density at radius 3 is 1.92 bits per heavy atom. The quantitative estimate of drug-likeness (QED) is 0.751. The summed E-state index contributed by atoms with van der Waals surface area (Å²) in [5.41, 5.74) is -0.0880. The number of aliphatic hydroxyl groups is 1. The van der Waals surface area contributed by atoms with Gasteiger partial charge in [0.05, 0.1) is 0 Å². The topological polar surface area (TPSA) is 20.2 Å². The molecule has 0 amide bonds. The molecule has 0 aromatic heterocycles. The molecule has 1 aromatic carbocycles. The first-order valence-electron chi connectivity index (χ1n) is 3.39. The van der Waals surface area contributed by atoms with Crippen LogP contribution in [0.3, 0.4) is 0 Å². The van der Waals surface area contributed by atoms with Crippen molar-refractivity contribution in [2.75, 3.05) is 0 Å². The summed E-state index contributed by atoms with van der Waals surface area (Å²) in [7, 11) is 0. The molecule has 0 radical (unpaired) electrons. The zero-order valence-corrected chi connectivity index (χ0v) is 8.61. The second-order valence-electron chi connectivity index (χ2n) is 2.49. The van der Waals surface area contributed by atoms with Crippen LogP contribution < -0.4 is 0 Å². The Morgan fingerprint density at radius 2 is 1.54 bits per heavy atom. The third kappa shape index (κ3) is 2.26. The van der Waals surface area contributed by atoms with Crippen LogP contribution in [0.25, 0.3) is 0 Å². The van der Waals surface area contributed by atoms with E-state index in [9.17, 15) is 9.50 Å². The molecule has 0 saturated heterocycles. The third-order valence-electron chi connectivity index (χ3n) is 1.53. The van der Waals surface area contributed by atoms with Crippen LogP contribution in [0.15, 0.2) is 30.3 Å². The van der Waals surface area contributed by atoms with Crippen molar-refractivity contribution in [3.63, 3.8) is 0 Å². The average Bonchev–Trinajstić information content (AvgIpc) is 2.04. The third-order valence-corrected chi connectivity index (χ3v) is 2.28. The summed E-state index contributed by atoms with van der Waals surface area (Å²) in [6.45, 7) is 0. The van der Waals surface area contributed by atoms with Gasteiger partial charge in [0.2, 0.25) is 0 Å². The molecule has 1 nitrogen and oxygen atoms in total. The molecule has 72 valence electrons. The van der Waals surface area contributed by atoms with Crippen molar-refractivity contribution in [3.8, 4) is 0 Å². The molecular weight excluding hydrogens is 237 g/mol. The normalized spacial score (nSPS) is 16.7. The monoisotopic (exact) mass is 242 g/mol. The van der Waals surface area contributed by atoms with E-state index in [-0.39, 0.29) is 5.56 Å². The van der Waals surface area contributed by atoms with Gasteiger partial charge in [-0.25, -0.2) is 4.39 Å². The van der Waals surface area contributed by atoms with Crippen molar-refractivity contribution in [1.82, 2.24) is 0 Å². The van der Waals surface area contributed by atoms with Crippen LogP contribution in [0, 0.1) is 0 Å². The van der Waals surface area contributed by atoms with Crippen LogP contribution in [-0.4, -0.2) is 8.90 Å². The van der Waals surface area contributed by atoms with Crippen LogP contribution in [0.1, 0.15) is 5.56 Å². The Labute approximate surface area is 90.0 Å². The summed E-state index contributed by atoms with van der Waals surface area (Å²) >= 11 is 15.8. The molecule has 1 rings (SSSR count). The van der Waals surface area contributed by atoms with Gasteiger partial charge in [0.25, 0.3) is 9.65 Å². The van der Waals surface area contributed by atoms with Crippen LogP contribution in [0.4, 0.5) is 4.39 Å². The van der Waals surface area contributed by atoms with E-state index in [2.05, 4.69) is 0 Å². The standard InChI is InChI=1S/C8H6Cl3FO/c9-8(10,11)7(12,13)6-4-2-1-3-5-6/h1-5,13H. The lowest BCUT2D eigenvalue weighted by Crippen LogP contribution is -2.35. The molecule has 1 unspecified atom stereocenters. The molecule has 13 heavy (non-hydrogen) atoms. The Hall–Kier alpha value is -0.0200. The molecule has 0 saturated carbocycles. The molecule has 1 aromatic rings. The Bertz CT molecular complexity index is 281. The summed E-state index contributed by atoms with van der Waals surface area (Å²) in [6, 6.07) is 7.41. The molecule has 1 N–H and O–H groups in total. The van der Waals surface area contributed by atoms with Gasteiger partial charge in [0.1, 0.15) is 0 Å². The van der Waals surface area contributed by atoms with E-state index in [0.717, 1.165) is 0 Å². The number of hydrogen-bond acceptors (Lipinski definition) is 1. The van der Waals surface area contributed by atoms with Crippen LogP contribution in [-0.2, 0) is 5.85 Å². The van der Waals surface area contributed by atoms with Crippen molar-refractivity contribution in [2.24, 2.45) is 0 Å². The molecular formula is C8H6Cl3FO. The van der Waals surface area contributed by atoms with Gasteiger partial charge < -0.3 is 5.11 Å². The highest BCUT2D eigenvalue weighted by atomic mass is 35.6. The maximum Gasteiger partial charge on any atom is 0.280 e. The van der Waals surface area contributed by atoms with E-state index >= 15 is 0 Å². The van der Waals surface area contributed by atoms with Crippen molar-refractivity contribution in [2.45, 2.75) is 9.65 Å². The fourth-order valence-electron chi connectivity index (χ4n) is 0.823. The average molecular weight is 243 g/mol.